The van der Waals surface area contributed by atoms with Crippen molar-refractivity contribution >= 4 is 5.91 Å². The Kier molecular flexibility index (Phi) is 4.73. The number of aliphatic hydroxyl groups is 1. The molecule has 0 bridgehead atoms. The van der Waals surface area contributed by atoms with E-state index in [1.165, 1.54) is 6.26 Å². The lowest BCUT2D eigenvalue weighted by Gasteiger charge is -2.37. The molecule has 24 heavy (non-hydrogen) atoms. The third kappa shape index (κ3) is 3.23. The predicted molar refractivity (Wildman–Crippen MR) is 89.5 cm³/mol. The molecule has 1 aromatic heterocycles. The van der Waals surface area contributed by atoms with E-state index in [1.807, 2.05) is 30.3 Å². The van der Waals surface area contributed by atoms with Crippen molar-refractivity contribution in [3.63, 3.8) is 0 Å². The van der Waals surface area contributed by atoms with Gasteiger partial charge in [0.15, 0.2) is 0 Å². The van der Waals surface area contributed by atoms with E-state index in [0.717, 1.165) is 5.56 Å². The van der Waals surface area contributed by atoms with Gasteiger partial charge in [-0.3, -0.25) is 4.79 Å². The first-order chi connectivity index (χ1) is 11.5. The Morgan fingerprint density at radius 3 is 2.54 bits per heavy atom. The van der Waals surface area contributed by atoms with Gasteiger partial charge in [0.25, 0.3) is 0 Å². The molecule has 0 aliphatic carbocycles. The molecule has 1 amide bonds. The molecule has 1 aromatic carbocycles. The van der Waals surface area contributed by atoms with Crippen LogP contribution in [0.15, 0.2) is 53.1 Å². The quantitative estimate of drug-likeness (QED) is 0.883. The molecule has 1 atom stereocenters. The molecule has 0 radical (unpaired) electrons. The maximum absolute atomic E-state index is 13.0. The first-order valence-corrected chi connectivity index (χ1v) is 8.23. The van der Waals surface area contributed by atoms with E-state index in [0.29, 0.717) is 31.8 Å². The van der Waals surface area contributed by atoms with Crippen LogP contribution in [0.25, 0.3) is 0 Å². The highest BCUT2D eigenvalue weighted by molar-refractivity contribution is 5.88. The van der Waals surface area contributed by atoms with Crippen LogP contribution in [0, 0.1) is 0 Å². The molecule has 5 heteroatoms. The monoisotopic (exact) mass is 329 g/mol. The molecule has 2 aromatic rings. The van der Waals surface area contributed by atoms with Crippen molar-refractivity contribution in [2.24, 2.45) is 0 Å². The van der Waals surface area contributed by atoms with E-state index >= 15 is 0 Å². The number of amides is 1. The van der Waals surface area contributed by atoms with Gasteiger partial charge < -0.3 is 19.6 Å². The minimum Gasteiger partial charge on any atom is -0.466 e. The topological polar surface area (TPSA) is 71.7 Å². The molecule has 2 N–H and O–H groups in total. The summed E-state index contributed by atoms with van der Waals surface area (Å²) in [5, 5.41) is 13.5. The number of carbonyl (C=O) groups excluding carboxylic acids is 1. The maximum atomic E-state index is 13.0. The highest BCUT2D eigenvalue weighted by Gasteiger charge is 2.42. The number of nitrogens with one attached hydrogen (secondary N) is 1. The summed E-state index contributed by atoms with van der Waals surface area (Å²) in [6.45, 7) is 2.83. The highest BCUT2D eigenvalue weighted by atomic mass is 16.5. The normalized spacial score (nSPS) is 19.4. The van der Waals surface area contributed by atoms with E-state index in [2.05, 4.69) is 5.32 Å². The molecule has 2 heterocycles. The molecule has 0 spiro atoms. The lowest BCUT2D eigenvalue weighted by atomic mass is 9.73. The number of furan rings is 1. The molecule has 1 aliphatic heterocycles. The van der Waals surface area contributed by atoms with E-state index in [1.54, 1.807) is 19.1 Å². The zero-order chi connectivity index (χ0) is 17.0. The van der Waals surface area contributed by atoms with Crippen LogP contribution in [0.5, 0.6) is 0 Å². The Balaban J connectivity index is 1.78. The number of ether oxygens (including phenoxy) is 1. The van der Waals surface area contributed by atoms with Gasteiger partial charge in [0, 0.05) is 13.2 Å². The fourth-order valence-corrected chi connectivity index (χ4v) is 3.22. The Labute approximate surface area is 141 Å². The van der Waals surface area contributed by atoms with E-state index in [-0.39, 0.29) is 12.5 Å². The van der Waals surface area contributed by atoms with Gasteiger partial charge in [-0.25, -0.2) is 0 Å². The van der Waals surface area contributed by atoms with Gasteiger partial charge in [-0.2, -0.15) is 0 Å². The largest absolute Gasteiger partial charge is 0.466 e. The van der Waals surface area contributed by atoms with Gasteiger partial charge in [0.05, 0.1) is 18.2 Å². The van der Waals surface area contributed by atoms with Gasteiger partial charge in [0.2, 0.25) is 5.91 Å². The third-order valence-electron chi connectivity index (χ3n) is 4.75. The van der Waals surface area contributed by atoms with Crippen LogP contribution in [0.1, 0.15) is 31.1 Å². The van der Waals surface area contributed by atoms with E-state index < -0.39 is 11.0 Å². The van der Waals surface area contributed by atoms with Crippen molar-refractivity contribution in [1.82, 2.24) is 5.32 Å². The van der Waals surface area contributed by atoms with Crippen molar-refractivity contribution in [3.8, 4) is 0 Å². The summed E-state index contributed by atoms with van der Waals surface area (Å²) in [5.74, 6) is 0.354. The second-order valence-electron chi connectivity index (χ2n) is 6.49. The van der Waals surface area contributed by atoms with Gasteiger partial charge in [0.1, 0.15) is 11.4 Å². The second kappa shape index (κ2) is 6.79. The molecule has 1 unspecified atom stereocenters. The fraction of sp³-hybridized carbons (Fsp3) is 0.421. The van der Waals surface area contributed by atoms with E-state index in [4.69, 9.17) is 9.15 Å². The van der Waals surface area contributed by atoms with Crippen LogP contribution in [0.4, 0.5) is 0 Å². The zero-order valence-electron chi connectivity index (χ0n) is 13.8. The summed E-state index contributed by atoms with van der Waals surface area (Å²) in [6.07, 6.45) is 2.77. The van der Waals surface area contributed by atoms with Crippen LogP contribution >= 0.6 is 0 Å². The van der Waals surface area contributed by atoms with Crippen molar-refractivity contribution in [1.29, 1.82) is 0 Å². The summed E-state index contributed by atoms with van der Waals surface area (Å²) in [5.41, 5.74) is -0.871. The molecular weight excluding hydrogens is 306 g/mol. The minimum absolute atomic E-state index is 0.0798. The Morgan fingerprint density at radius 1 is 1.21 bits per heavy atom. The van der Waals surface area contributed by atoms with Gasteiger partial charge in [-0.1, -0.05) is 30.3 Å². The number of hydrogen-bond acceptors (Lipinski definition) is 4. The van der Waals surface area contributed by atoms with Gasteiger partial charge in [-0.05, 0) is 37.5 Å². The molecule has 1 aliphatic rings. The molecule has 0 saturated carbocycles. The maximum Gasteiger partial charge on any atom is 0.230 e. The Morgan fingerprint density at radius 2 is 1.92 bits per heavy atom. The Hall–Kier alpha value is -2.11. The summed E-state index contributed by atoms with van der Waals surface area (Å²) in [7, 11) is 0. The van der Waals surface area contributed by atoms with Gasteiger partial charge >= 0.3 is 0 Å². The molecular formula is C19H23NO4. The molecule has 1 fully saturated rings. The first kappa shape index (κ1) is 16.7. The van der Waals surface area contributed by atoms with Crippen LogP contribution in [-0.2, 0) is 20.5 Å². The van der Waals surface area contributed by atoms with Crippen LogP contribution in [-0.4, -0.2) is 30.8 Å². The minimum atomic E-state index is -1.25. The lowest BCUT2D eigenvalue weighted by Crippen LogP contribution is -2.51. The standard InChI is InChI=1S/C19H23NO4/c1-18(22,16-8-5-11-24-16)14-20-17(21)19(9-12-23-13-10-19)15-6-3-2-4-7-15/h2-8,11,22H,9-10,12-14H2,1H3,(H,20,21). The summed E-state index contributed by atoms with van der Waals surface area (Å²) < 4.78 is 10.7. The van der Waals surface area contributed by atoms with Crippen molar-refractivity contribution < 1.29 is 19.1 Å². The van der Waals surface area contributed by atoms with Crippen molar-refractivity contribution in [2.45, 2.75) is 30.8 Å². The van der Waals surface area contributed by atoms with Crippen molar-refractivity contribution in [2.75, 3.05) is 19.8 Å². The van der Waals surface area contributed by atoms with E-state index in [9.17, 15) is 9.90 Å². The van der Waals surface area contributed by atoms with Crippen LogP contribution in [0.2, 0.25) is 0 Å². The summed E-state index contributed by atoms with van der Waals surface area (Å²) in [4.78, 5) is 13.0. The smallest absolute Gasteiger partial charge is 0.230 e. The van der Waals surface area contributed by atoms with Gasteiger partial charge in [-0.15, -0.1) is 0 Å². The molecule has 1 saturated heterocycles. The first-order valence-electron chi connectivity index (χ1n) is 8.23. The number of benzene rings is 1. The van der Waals surface area contributed by atoms with Crippen LogP contribution < -0.4 is 5.32 Å². The highest BCUT2D eigenvalue weighted by Crippen LogP contribution is 2.35. The average Bonchev–Trinajstić information content (AvgIpc) is 3.17. The number of rotatable bonds is 5. The fourth-order valence-electron chi connectivity index (χ4n) is 3.22. The number of hydrogen-bond donors (Lipinski definition) is 2. The molecule has 3 rings (SSSR count). The summed E-state index contributed by atoms with van der Waals surface area (Å²) >= 11 is 0. The SMILES string of the molecule is CC(O)(CNC(=O)C1(c2ccccc2)CCOCC1)c1ccco1. The Bertz CT molecular complexity index is 658. The third-order valence-corrected chi connectivity index (χ3v) is 4.75. The predicted octanol–water partition coefficient (Wildman–Crippen LogP) is 2.35. The number of carbonyl (C=O) groups is 1. The molecule has 5 nitrogen and oxygen atoms in total. The molecule has 128 valence electrons. The summed E-state index contributed by atoms with van der Waals surface area (Å²) in [6, 6.07) is 13.2. The average molecular weight is 329 g/mol. The second-order valence-corrected chi connectivity index (χ2v) is 6.49. The zero-order valence-corrected chi connectivity index (χ0v) is 13.8. The lowest BCUT2D eigenvalue weighted by molar-refractivity contribution is -0.131. The van der Waals surface area contributed by atoms with Crippen molar-refractivity contribution in [3.05, 3.63) is 60.1 Å². The van der Waals surface area contributed by atoms with Crippen LogP contribution in [0.3, 0.4) is 0 Å².